The summed E-state index contributed by atoms with van der Waals surface area (Å²) in [6.45, 7) is 2.26. The molecule has 0 N–H and O–H groups in total. The fourth-order valence-electron chi connectivity index (χ4n) is 6.27. The molecule has 4 aliphatic carbocycles. The summed E-state index contributed by atoms with van der Waals surface area (Å²) in [5.41, 5.74) is 6.14. The molecule has 0 aromatic heterocycles. The third-order valence-corrected chi connectivity index (χ3v) is 7.48. The lowest BCUT2D eigenvalue weighted by atomic mass is 9.66. The zero-order chi connectivity index (χ0) is 16.8. The van der Waals surface area contributed by atoms with E-state index >= 15 is 0 Å². The molecule has 25 heavy (non-hydrogen) atoms. The highest BCUT2D eigenvalue weighted by molar-refractivity contribution is 5.83. The lowest BCUT2D eigenvalue weighted by Gasteiger charge is -2.42. The van der Waals surface area contributed by atoms with Crippen LogP contribution in [0.1, 0.15) is 64.7 Å². The van der Waals surface area contributed by atoms with E-state index in [0.29, 0.717) is 6.04 Å². The van der Waals surface area contributed by atoms with Gasteiger partial charge in [-0.3, -0.25) is 4.99 Å². The predicted molar refractivity (Wildman–Crippen MR) is 106 cm³/mol. The van der Waals surface area contributed by atoms with Gasteiger partial charge in [0.1, 0.15) is 0 Å². The van der Waals surface area contributed by atoms with Gasteiger partial charge in [-0.25, -0.2) is 0 Å². The number of hydrogen-bond acceptors (Lipinski definition) is 1. The standard InChI is InChI=1S/C24H31N/c1-16-14-18-7-3-5-9-23(18)24(25-16)20-12-13-22-19(15-20)11-10-17-6-2-4-8-21(17)22/h6,10-12,15,18,21-24H,2-5,7-9,13-14H2,1H3. The van der Waals surface area contributed by atoms with Crippen molar-refractivity contribution < 1.29 is 0 Å². The van der Waals surface area contributed by atoms with Crippen molar-refractivity contribution in [3.63, 3.8) is 0 Å². The largest absolute Gasteiger partial charge is 0.286 e. The van der Waals surface area contributed by atoms with Gasteiger partial charge in [0.25, 0.3) is 0 Å². The number of nitrogens with zero attached hydrogens (tertiary/aromatic N) is 1. The van der Waals surface area contributed by atoms with E-state index in [-0.39, 0.29) is 0 Å². The van der Waals surface area contributed by atoms with Crippen LogP contribution in [0, 0.1) is 23.7 Å². The summed E-state index contributed by atoms with van der Waals surface area (Å²) in [4.78, 5) is 5.18. The van der Waals surface area contributed by atoms with Gasteiger partial charge in [0.2, 0.25) is 0 Å². The fourth-order valence-corrected chi connectivity index (χ4v) is 6.27. The van der Waals surface area contributed by atoms with Gasteiger partial charge in [-0.1, -0.05) is 43.2 Å². The van der Waals surface area contributed by atoms with Gasteiger partial charge < -0.3 is 0 Å². The Hall–Kier alpha value is -1.37. The van der Waals surface area contributed by atoms with E-state index < -0.39 is 0 Å². The van der Waals surface area contributed by atoms with Gasteiger partial charge in [-0.15, -0.1) is 0 Å². The SMILES string of the molecule is CC1=NC(C2=CCC3C(=C2)C=CC2=CCCCC23)C2CCCCC2C1. The van der Waals surface area contributed by atoms with Crippen LogP contribution >= 0.6 is 0 Å². The van der Waals surface area contributed by atoms with Crippen LogP contribution in [0.4, 0.5) is 0 Å². The average Bonchev–Trinajstić information content (AvgIpc) is 2.66. The second kappa shape index (κ2) is 6.41. The smallest absolute Gasteiger partial charge is 0.0776 e. The molecule has 5 unspecified atom stereocenters. The summed E-state index contributed by atoms with van der Waals surface area (Å²) < 4.78 is 0. The Balaban J connectivity index is 1.45. The summed E-state index contributed by atoms with van der Waals surface area (Å²) >= 11 is 0. The molecule has 5 atom stereocenters. The van der Waals surface area contributed by atoms with E-state index in [2.05, 4.69) is 37.3 Å². The lowest BCUT2D eigenvalue weighted by molar-refractivity contribution is 0.211. The zero-order valence-electron chi connectivity index (χ0n) is 15.6. The van der Waals surface area contributed by atoms with Crippen LogP contribution in [0.25, 0.3) is 0 Å². The second-order valence-electron chi connectivity index (χ2n) is 8.99. The maximum absolute atomic E-state index is 5.18. The van der Waals surface area contributed by atoms with Crippen molar-refractivity contribution in [3.8, 4) is 0 Å². The normalized spacial score (nSPS) is 40.0. The Morgan fingerprint density at radius 1 is 0.880 bits per heavy atom. The molecule has 0 bridgehead atoms. The summed E-state index contributed by atoms with van der Waals surface area (Å²) in [5, 5.41) is 0. The van der Waals surface area contributed by atoms with Crippen LogP contribution in [-0.2, 0) is 0 Å². The maximum Gasteiger partial charge on any atom is 0.0776 e. The van der Waals surface area contributed by atoms with Crippen LogP contribution in [0.3, 0.4) is 0 Å². The molecule has 1 fully saturated rings. The Bertz CT molecular complexity index is 702. The van der Waals surface area contributed by atoms with Crippen LogP contribution in [-0.4, -0.2) is 11.8 Å². The highest BCUT2D eigenvalue weighted by atomic mass is 14.8. The van der Waals surface area contributed by atoms with Crippen LogP contribution < -0.4 is 0 Å². The van der Waals surface area contributed by atoms with Crippen molar-refractivity contribution in [1.82, 2.24) is 0 Å². The highest BCUT2D eigenvalue weighted by Gasteiger charge is 2.38. The first-order chi connectivity index (χ1) is 12.3. The van der Waals surface area contributed by atoms with Crippen molar-refractivity contribution in [2.75, 3.05) is 0 Å². The molecule has 5 rings (SSSR count). The van der Waals surface area contributed by atoms with E-state index in [1.54, 1.807) is 11.1 Å². The minimum Gasteiger partial charge on any atom is -0.286 e. The molecule has 1 aliphatic heterocycles. The number of rotatable bonds is 1. The van der Waals surface area contributed by atoms with Crippen LogP contribution in [0.5, 0.6) is 0 Å². The van der Waals surface area contributed by atoms with Gasteiger partial charge in [-0.05, 0) is 92.3 Å². The van der Waals surface area contributed by atoms with E-state index in [1.165, 1.54) is 69.1 Å². The van der Waals surface area contributed by atoms with Crippen molar-refractivity contribution in [3.05, 3.63) is 47.1 Å². The van der Waals surface area contributed by atoms with Crippen molar-refractivity contribution in [1.29, 1.82) is 0 Å². The molecule has 5 aliphatic rings. The van der Waals surface area contributed by atoms with Gasteiger partial charge in [-0.2, -0.15) is 0 Å². The molecule has 0 aromatic rings. The molecule has 0 saturated heterocycles. The molecule has 0 aromatic carbocycles. The molecule has 0 radical (unpaired) electrons. The first-order valence-electron chi connectivity index (χ1n) is 10.6. The Kier molecular flexibility index (Phi) is 4.07. The summed E-state index contributed by atoms with van der Waals surface area (Å²) in [7, 11) is 0. The number of fused-ring (bicyclic) bond motifs is 4. The number of hydrogen-bond donors (Lipinski definition) is 0. The molecule has 132 valence electrons. The fraction of sp³-hybridized carbons (Fsp3) is 0.625. The van der Waals surface area contributed by atoms with Crippen LogP contribution in [0.15, 0.2) is 52.1 Å². The summed E-state index contributed by atoms with van der Waals surface area (Å²) in [5.74, 6) is 3.20. The average molecular weight is 334 g/mol. The van der Waals surface area contributed by atoms with Gasteiger partial charge in [0.05, 0.1) is 6.04 Å². The van der Waals surface area contributed by atoms with E-state index in [0.717, 1.165) is 23.7 Å². The summed E-state index contributed by atoms with van der Waals surface area (Å²) in [6, 6.07) is 0.448. The third-order valence-electron chi connectivity index (χ3n) is 7.48. The van der Waals surface area contributed by atoms with Gasteiger partial charge in [0.15, 0.2) is 0 Å². The number of aliphatic imine (C=N–C) groups is 1. The molecule has 0 amide bonds. The molecule has 1 heteroatoms. The quantitative estimate of drug-likeness (QED) is 0.542. The predicted octanol–water partition coefficient (Wildman–Crippen LogP) is 6.20. The highest BCUT2D eigenvalue weighted by Crippen LogP contribution is 2.47. The minimum atomic E-state index is 0.448. The molecule has 0 spiro atoms. The zero-order valence-corrected chi connectivity index (χ0v) is 15.6. The monoisotopic (exact) mass is 333 g/mol. The number of allylic oxidation sites excluding steroid dienone is 6. The second-order valence-corrected chi connectivity index (χ2v) is 8.99. The first kappa shape index (κ1) is 15.9. The lowest BCUT2D eigenvalue weighted by Crippen LogP contribution is -2.37. The first-order valence-corrected chi connectivity index (χ1v) is 10.6. The Morgan fingerprint density at radius 2 is 1.76 bits per heavy atom. The molecular formula is C24H31N. The van der Waals surface area contributed by atoms with Crippen molar-refractivity contribution >= 4 is 5.71 Å². The Labute approximate surface area is 152 Å². The van der Waals surface area contributed by atoms with E-state index in [1.807, 2.05) is 0 Å². The topological polar surface area (TPSA) is 12.4 Å². The van der Waals surface area contributed by atoms with Gasteiger partial charge in [0, 0.05) is 5.71 Å². The molecule has 1 saturated carbocycles. The molecule has 1 heterocycles. The third kappa shape index (κ3) is 2.80. The minimum absolute atomic E-state index is 0.448. The van der Waals surface area contributed by atoms with E-state index in [9.17, 15) is 0 Å². The van der Waals surface area contributed by atoms with Crippen LogP contribution in [0.2, 0.25) is 0 Å². The molecular weight excluding hydrogens is 302 g/mol. The maximum atomic E-state index is 5.18. The van der Waals surface area contributed by atoms with Crippen molar-refractivity contribution in [2.24, 2.45) is 28.7 Å². The molecule has 1 nitrogen and oxygen atoms in total. The van der Waals surface area contributed by atoms with Gasteiger partial charge >= 0.3 is 0 Å². The summed E-state index contributed by atoms with van der Waals surface area (Å²) in [6.07, 6.45) is 24.6. The van der Waals surface area contributed by atoms with E-state index in [4.69, 9.17) is 4.99 Å². The van der Waals surface area contributed by atoms with Crippen molar-refractivity contribution in [2.45, 2.75) is 70.8 Å². The Morgan fingerprint density at radius 3 is 2.72 bits per heavy atom.